The predicted octanol–water partition coefficient (Wildman–Crippen LogP) is 0.990. The van der Waals surface area contributed by atoms with Crippen LogP contribution in [0.2, 0.25) is 0 Å². The number of nitriles is 1. The third kappa shape index (κ3) is 3.73. The van der Waals surface area contributed by atoms with E-state index in [4.69, 9.17) is 11.0 Å². The van der Waals surface area contributed by atoms with Gasteiger partial charge in [0.25, 0.3) is 0 Å². The number of nitrogens with one attached hydrogen (secondary N) is 1. The topological polar surface area (TPSA) is 96.0 Å². The lowest BCUT2D eigenvalue weighted by Gasteiger charge is -2.10. The predicted molar refractivity (Wildman–Crippen MR) is 66.3 cm³/mol. The van der Waals surface area contributed by atoms with Crippen LogP contribution in [0, 0.1) is 11.3 Å². The first-order valence-electron chi connectivity index (χ1n) is 5.22. The summed E-state index contributed by atoms with van der Waals surface area (Å²) in [4.78, 5) is 0. The number of hydrogen-bond acceptors (Lipinski definition) is 4. The molecule has 5 nitrogen and oxygen atoms in total. The third-order valence-corrected chi connectivity index (χ3v) is 4.08. The molecular weight excluding hydrogens is 238 g/mol. The van der Waals surface area contributed by atoms with E-state index >= 15 is 0 Å². The molecule has 1 atom stereocenters. The highest BCUT2D eigenvalue weighted by Crippen LogP contribution is 2.07. The second-order valence-corrected chi connectivity index (χ2v) is 5.58. The van der Waals surface area contributed by atoms with Gasteiger partial charge in [-0.1, -0.05) is 19.1 Å². The Morgan fingerprint density at radius 2 is 2.00 bits per heavy atom. The van der Waals surface area contributed by atoms with Crippen molar-refractivity contribution >= 4 is 15.7 Å². The Kier molecular flexibility index (Phi) is 4.49. The fourth-order valence-electron chi connectivity index (χ4n) is 1.30. The highest BCUT2D eigenvalue weighted by Gasteiger charge is 2.22. The summed E-state index contributed by atoms with van der Waals surface area (Å²) in [6.45, 7) is 1.83. The summed E-state index contributed by atoms with van der Waals surface area (Å²) in [6, 6.07) is 8.65. The second kappa shape index (κ2) is 5.66. The monoisotopic (exact) mass is 253 g/mol. The number of anilines is 1. The van der Waals surface area contributed by atoms with Gasteiger partial charge >= 0.3 is 0 Å². The van der Waals surface area contributed by atoms with Crippen LogP contribution in [-0.2, 0) is 16.6 Å². The Bertz CT molecular complexity index is 503. The van der Waals surface area contributed by atoms with Gasteiger partial charge in [-0.2, -0.15) is 5.26 Å². The van der Waals surface area contributed by atoms with E-state index in [0.717, 1.165) is 5.56 Å². The molecule has 0 saturated carbocycles. The van der Waals surface area contributed by atoms with Crippen LogP contribution >= 0.6 is 0 Å². The maximum Gasteiger partial charge on any atom is 0.228 e. The van der Waals surface area contributed by atoms with E-state index in [0.29, 0.717) is 5.69 Å². The summed E-state index contributed by atoms with van der Waals surface area (Å²) < 4.78 is 25.8. The SMILES string of the molecule is CCC(C#N)S(=O)(=O)NCc1ccc(N)cc1. The molecule has 1 aromatic carbocycles. The van der Waals surface area contributed by atoms with Crippen molar-refractivity contribution in [2.24, 2.45) is 0 Å². The molecule has 0 saturated heterocycles. The average molecular weight is 253 g/mol. The average Bonchev–Trinajstić information content (AvgIpc) is 2.29. The van der Waals surface area contributed by atoms with Gasteiger partial charge in [0.2, 0.25) is 10.0 Å². The quantitative estimate of drug-likeness (QED) is 0.765. The first-order valence-corrected chi connectivity index (χ1v) is 6.76. The summed E-state index contributed by atoms with van der Waals surface area (Å²) in [5, 5.41) is 7.71. The zero-order valence-corrected chi connectivity index (χ0v) is 10.4. The number of rotatable bonds is 5. The maximum atomic E-state index is 11.7. The largest absolute Gasteiger partial charge is 0.399 e. The van der Waals surface area contributed by atoms with Crippen LogP contribution in [0.1, 0.15) is 18.9 Å². The highest BCUT2D eigenvalue weighted by molar-refractivity contribution is 7.90. The van der Waals surface area contributed by atoms with Crippen molar-refractivity contribution in [3.8, 4) is 6.07 Å². The van der Waals surface area contributed by atoms with Crippen molar-refractivity contribution in [3.63, 3.8) is 0 Å². The Hall–Kier alpha value is -1.58. The van der Waals surface area contributed by atoms with E-state index in [1.165, 1.54) is 0 Å². The van der Waals surface area contributed by atoms with Crippen LogP contribution in [0.5, 0.6) is 0 Å². The smallest absolute Gasteiger partial charge is 0.228 e. The lowest BCUT2D eigenvalue weighted by Crippen LogP contribution is -2.32. The van der Waals surface area contributed by atoms with E-state index < -0.39 is 15.3 Å². The van der Waals surface area contributed by atoms with Crippen LogP contribution in [0.3, 0.4) is 0 Å². The molecule has 0 fully saturated rings. The molecule has 92 valence electrons. The molecule has 6 heteroatoms. The molecule has 0 aliphatic heterocycles. The van der Waals surface area contributed by atoms with Gasteiger partial charge in [0.1, 0.15) is 0 Å². The van der Waals surface area contributed by atoms with Crippen molar-refractivity contribution in [2.75, 3.05) is 5.73 Å². The van der Waals surface area contributed by atoms with Gasteiger partial charge in [0.05, 0.1) is 6.07 Å². The molecule has 1 aromatic rings. The van der Waals surface area contributed by atoms with Crippen LogP contribution in [0.4, 0.5) is 5.69 Å². The summed E-state index contributed by atoms with van der Waals surface area (Å²) in [7, 11) is -3.57. The van der Waals surface area contributed by atoms with Gasteiger partial charge in [-0.05, 0) is 24.1 Å². The third-order valence-electron chi connectivity index (χ3n) is 2.35. The molecule has 0 spiro atoms. The number of nitrogen functional groups attached to an aromatic ring is 1. The van der Waals surface area contributed by atoms with Gasteiger partial charge in [0.15, 0.2) is 5.25 Å². The van der Waals surface area contributed by atoms with Gasteiger partial charge in [-0.3, -0.25) is 0 Å². The van der Waals surface area contributed by atoms with Crippen molar-refractivity contribution in [1.29, 1.82) is 5.26 Å². The highest BCUT2D eigenvalue weighted by atomic mass is 32.2. The van der Waals surface area contributed by atoms with Crippen LogP contribution in [0.25, 0.3) is 0 Å². The van der Waals surface area contributed by atoms with Crippen molar-refractivity contribution in [1.82, 2.24) is 4.72 Å². The summed E-state index contributed by atoms with van der Waals surface area (Å²) in [5.74, 6) is 0. The van der Waals surface area contributed by atoms with Crippen molar-refractivity contribution in [2.45, 2.75) is 25.1 Å². The lowest BCUT2D eigenvalue weighted by molar-refractivity contribution is 0.572. The van der Waals surface area contributed by atoms with Crippen LogP contribution in [0.15, 0.2) is 24.3 Å². The summed E-state index contributed by atoms with van der Waals surface area (Å²) in [6.07, 6.45) is 0.271. The molecule has 3 N–H and O–H groups in total. The van der Waals surface area contributed by atoms with Crippen molar-refractivity contribution < 1.29 is 8.42 Å². The Morgan fingerprint density at radius 1 is 1.41 bits per heavy atom. The van der Waals surface area contributed by atoms with Crippen LogP contribution < -0.4 is 10.5 Å². The minimum absolute atomic E-state index is 0.167. The molecule has 1 unspecified atom stereocenters. The summed E-state index contributed by atoms with van der Waals surface area (Å²) in [5.41, 5.74) is 6.94. The second-order valence-electron chi connectivity index (χ2n) is 3.63. The fourth-order valence-corrected chi connectivity index (χ4v) is 2.45. The lowest BCUT2D eigenvalue weighted by atomic mass is 10.2. The Labute approximate surface area is 101 Å². The van der Waals surface area contributed by atoms with Crippen LogP contribution in [-0.4, -0.2) is 13.7 Å². The van der Waals surface area contributed by atoms with E-state index in [9.17, 15) is 8.42 Å². The molecule has 0 heterocycles. The zero-order chi connectivity index (χ0) is 12.9. The van der Waals surface area contributed by atoms with Crippen molar-refractivity contribution in [3.05, 3.63) is 29.8 Å². The molecule has 1 rings (SSSR count). The first-order chi connectivity index (χ1) is 7.99. The maximum absolute atomic E-state index is 11.7. The number of sulfonamides is 1. The normalized spacial score (nSPS) is 12.9. The zero-order valence-electron chi connectivity index (χ0n) is 9.55. The molecule has 0 aromatic heterocycles. The van der Waals surface area contributed by atoms with Gasteiger partial charge in [-0.25, -0.2) is 13.1 Å². The number of nitrogens with zero attached hydrogens (tertiary/aromatic N) is 1. The molecule has 0 radical (unpaired) electrons. The number of nitrogens with two attached hydrogens (primary N) is 1. The molecule has 0 aliphatic carbocycles. The molecule has 17 heavy (non-hydrogen) atoms. The van der Waals surface area contributed by atoms with Gasteiger partial charge in [-0.15, -0.1) is 0 Å². The minimum atomic E-state index is -3.57. The van der Waals surface area contributed by atoms with E-state index in [1.54, 1.807) is 37.3 Å². The van der Waals surface area contributed by atoms with E-state index in [2.05, 4.69) is 4.72 Å². The van der Waals surface area contributed by atoms with Gasteiger partial charge in [0, 0.05) is 12.2 Å². The standard InChI is InChI=1S/C11H15N3O2S/c1-2-11(7-12)17(15,16)14-8-9-3-5-10(13)6-4-9/h3-6,11,14H,2,8,13H2,1H3. The Balaban J connectivity index is 2.68. The van der Waals surface area contributed by atoms with E-state index in [-0.39, 0.29) is 13.0 Å². The number of benzene rings is 1. The van der Waals surface area contributed by atoms with Gasteiger partial charge < -0.3 is 5.73 Å². The molecule has 0 amide bonds. The molecular formula is C11H15N3O2S. The van der Waals surface area contributed by atoms with E-state index in [1.807, 2.05) is 0 Å². The number of hydrogen-bond donors (Lipinski definition) is 2. The molecule has 0 bridgehead atoms. The molecule has 0 aliphatic rings. The first kappa shape index (κ1) is 13.5. The summed E-state index contributed by atoms with van der Waals surface area (Å²) >= 11 is 0. The fraction of sp³-hybridized carbons (Fsp3) is 0.364. The minimum Gasteiger partial charge on any atom is -0.399 e. The Morgan fingerprint density at radius 3 is 2.47 bits per heavy atom.